The topological polar surface area (TPSA) is 0 Å². The molecule has 0 saturated carbocycles. The molecule has 0 amide bonds. The molecular formula is C29H36BN. The molecule has 0 unspecified atom stereocenters. The van der Waals surface area contributed by atoms with Crippen LogP contribution in [0.15, 0.2) is 96.5 Å². The smallest absolute Gasteiger partial charge is 0.233 e. The Labute approximate surface area is 189 Å². The maximum atomic E-state index is 2.44. The Hall–Kier alpha value is -2.58. The summed E-state index contributed by atoms with van der Waals surface area (Å²) in [6.45, 7) is 10.6. The second-order valence-electron chi connectivity index (χ2n) is 9.40. The predicted molar refractivity (Wildman–Crippen MR) is 136 cm³/mol. The molecule has 1 aliphatic rings. The fourth-order valence-corrected chi connectivity index (χ4v) is 6.72. The second-order valence-corrected chi connectivity index (χ2v) is 9.40. The number of allylic oxidation sites excluding steroid dienone is 1. The Bertz CT molecular complexity index is 963. The number of quaternary nitrogens is 1. The van der Waals surface area contributed by atoms with E-state index in [4.69, 9.17) is 0 Å². The van der Waals surface area contributed by atoms with Crippen molar-refractivity contribution in [3.05, 3.63) is 113 Å². The SMILES string of the molecule is CCC1=C(c2ccccc2)C[N+](Cc2ccccc2)(Cc2ccccc2)[B-]1(CC)CC. The third-order valence-electron chi connectivity index (χ3n) is 8.09. The van der Waals surface area contributed by atoms with Gasteiger partial charge in [0.2, 0.25) is 6.28 Å². The van der Waals surface area contributed by atoms with Crippen molar-refractivity contribution in [3.8, 4) is 0 Å². The van der Waals surface area contributed by atoms with E-state index < -0.39 is 6.28 Å². The van der Waals surface area contributed by atoms with Gasteiger partial charge < -0.3 is 4.39 Å². The molecule has 31 heavy (non-hydrogen) atoms. The summed E-state index contributed by atoms with van der Waals surface area (Å²) in [6.07, 6.45) is 2.90. The van der Waals surface area contributed by atoms with Crippen LogP contribution in [-0.4, -0.2) is 17.2 Å². The summed E-state index contributed by atoms with van der Waals surface area (Å²) < 4.78 is 1.15. The quantitative estimate of drug-likeness (QED) is 0.336. The third kappa shape index (κ3) is 3.90. The van der Waals surface area contributed by atoms with Crippen molar-refractivity contribution in [1.29, 1.82) is 0 Å². The zero-order valence-electron chi connectivity index (χ0n) is 19.4. The van der Waals surface area contributed by atoms with Crippen LogP contribution in [0.2, 0.25) is 12.6 Å². The molecule has 0 N–H and O–H groups in total. The van der Waals surface area contributed by atoms with Gasteiger partial charge in [-0.2, -0.15) is 5.47 Å². The summed E-state index contributed by atoms with van der Waals surface area (Å²) in [7, 11) is 0. The Morgan fingerprint density at radius 3 is 1.52 bits per heavy atom. The third-order valence-corrected chi connectivity index (χ3v) is 8.09. The molecule has 3 aromatic carbocycles. The van der Waals surface area contributed by atoms with E-state index in [1.807, 2.05) is 0 Å². The molecule has 0 aromatic heterocycles. The van der Waals surface area contributed by atoms with E-state index in [-0.39, 0.29) is 0 Å². The molecule has 0 saturated heterocycles. The van der Waals surface area contributed by atoms with Gasteiger partial charge in [-0.3, -0.25) is 0 Å². The minimum absolute atomic E-state index is 0.716. The molecule has 0 aliphatic carbocycles. The van der Waals surface area contributed by atoms with E-state index >= 15 is 0 Å². The van der Waals surface area contributed by atoms with Gasteiger partial charge in [0.25, 0.3) is 0 Å². The molecule has 4 rings (SSSR count). The minimum atomic E-state index is -0.716. The lowest BCUT2D eigenvalue weighted by Crippen LogP contribution is -2.64. The van der Waals surface area contributed by atoms with E-state index in [2.05, 4.69) is 112 Å². The first kappa shape index (κ1) is 21.6. The molecule has 0 bridgehead atoms. The van der Waals surface area contributed by atoms with Crippen LogP contribution in [0.25, 0.3) is 5.57 Å². The van der Waals surface area contributed by atoms with Crippen molar-refractivity contribution >= 4 is 11.9 Å². The standard InChI is InChI=1S/C29H36BN/c1-4-29-28(27-20-14-9-15-21-27)24-31(30(29,5-2)6-3,22-25-16-10-7-11-17-25)23-26-18-12-8-13-19-26/h7-21H,4-6,22-24H2,1-3H3. The van der Waals surface area contributed by atoms with Gasteiger partial charge in [-0.15, -0.1) is 12.6 Å². The summed E-state index contributed by atoms with van der Waals surface area (Å²) in [4.78, 5) is 0. The molecule has 1 heterocycles. The summed E-state index contributed by atoms with van der Waals surface area (Å²) in [6, 6.07) is 33.5. The zero-order chi connectivity index (χ0) is 21.7. The van der Waals surface area contributed by atoms with E-state index in [1.165, 1.54) is 29.3 Å². The molecule has 0 radical (unpaired) electrons. The van der Waals surface area contributed by atoms with Crippen LogP contribution < -0.4 is 0 Å². The number of hydrogen-bond acceptors (Lipinski definition) is 0. The average Bonchev–Trinajstić information content (AvgIpc) is 3.10. The highest BCUT2D eigenvalue weighted by molar-refractivity contribution is 6.81. The monoisotopic (exact) mass is 409 g/mol. The van der Waals surface area contributed by atoms with Gasteiger partial charge in [0.05, 0.1) is 19.6 Å². The van der Waals surface area contributed by atoms with Gasteiger partial charge in [-0.25, -0.2) is 0 Å². The molecular weight excluding hydrogens is 373 g/mol. The maximum absolute atomic E-state index is 2.44. The van der Waals surface area contributed by atoms with Gasteiger partial charge in [-0.05, 0) is 11.1 Å². The first-order valence-corrected chi connectivity index (χ1v) is 12.1. The highest BCUT2D eigenvalue weighted by Gasteiger charge is 2.51. The van der Waals surface area contributed by atoms with Crippen LogP contribution in [0.4, 0.5) is 0 Å². The highest BCUT2D eigenvalue weighted by atomic mass is 15.3. The van der Waals surface area contributed by atoms with E-state index in [9.17, 15) is 0 Å². The Balaban J connectivity index is 1.90. The first-order chi connectivity index (χ1) is 15.2. The van der Waals surface area contributed by atoms with Crippen LogP contribution in [0, 0.1) is 0 Å². The maximum Gasteiger partial charge on any atom is 0.233 e. The van der Waals surface area contributed by atoms with Crippen molar-refractivity contribution in [3.63, 3.8) is 0 Å². The van der Waals surface area contributed by atoms with Crippen LogP contribution in [0.3, 0.4) is 0 Å². The van der Waals surface area contributed by atoms with Gasteiger partial charge >= 0.3 is 0 Å². The minimum Gasteiger partial charge on any atom is -0.500 e. The van der Waals surface area contributed by atoms with Crippen LogP contribution in [0.1, 0.15) is 43.9 Å². The Morgan fingerprint density at radius 2 is 1.10 bits per heavy atom. The average molecular weight is 409 g/mol. The number of hydrogen-bond donors (Lipinski definition) is 0. The molecule has 1 aliphatic heterocycles. The number of rotatable bonds is 8. The number of nitrogens with zero attached hydrogens (tertiary/aromatic N) is 1. The van der Waals surface area contributed by atoms with Crippen molar-refractivity contribution in [1.82, 2.24) is 0 Å². The second kappa shape index (κ2) is 9.28. The normalized spacial score (nSPS) is 17.1. The molecule has 3 aromatic rings. The zero-order valence-corrected chi connectivity index (χ0v) is 19.4. The van der Waals surface area contributed by atoms with Crippen molar-refractivity contribution < 1.29 is 4.39 Å². The lowest BCUT2D eigenvalue weighted by molar-refractivity contribution is -0.851. The Morgan fingerprint density at radius 1 is 0.645 bits per heavy atom. The van der Waals surface area contributed by atoms with Gasteiger partial charge in [0.15, 0.2) is 0 Å². The first-order valence-electron chi connectivity index (χ1n) is 12.1. The highest BCUT2D eigenvalue weighted by Crippen LogP contribution is 2.49. The van der Waals surface area contributed by atoms with Crippen molar-refractivity contribution in [2.45, 2.75) is 52.9 Å². The van der Waals surface area contributed by atoms with Crippen molar-refractivity contribution in [2.24, 2.45) is 0 Å². The molecule has 0 fully saturated rings. The molecule has 2 heteroatoms. The van der Waals surface area contributed by atoms with Gasteiger partial charge in [0.1, 0.15) is 0 Å². The lowest BCUT2D eigenvalue weighted by atomic mass is 9.25. The fraction of sp³-hybridized carbons (Fsp3) is 0.310. The van der Waals surface area contributed by atoms with Crippen LogP contribution >= 0.6 is 0 Å². The van der Waals surface area contributed by atoms with Gasteiger partial charge in [-0.1, -0.05) is 118 Å². The summed E-state index contributed by atoms with van der Waals surface area (Å²) >= 11 is 0. The van der Waals surface area contributed by atoms with Crippen LogP contribution in [0.5, 0.6) is 0 Å². The fourth-order valence-electron chi connectivity index (χ4n) is 6.72. The summed E-state index contributed by atoms with van der Waals surface area (Å²) in [5.41, 5.74) is 7.68. The van der Waals surface area contributed by atoms with E-state index in [1.54, 1.807) is 11.0 Å². The van der Waals surface area contributed by atoms with Crippen molar-refractivity contribution in [2.75, 3.05) is 6.54 Å². The molecule has 0 spiro atoms. The van der Waals surface area contributed by atoms with E-state index in [0.717, 1.165) is 30.4 Å². The molecule has 1 nitrogen and oxygen atoms in total. The summed E-state index contributed by atoms with van der Waals surface area (Å²) in [5, 5.41) is 0. The summed E-state index contributed by atoms with van der Waals surface area (Å²) in [5.74, 6) is 0. The Kier molecular flexibility index (Phi) is 6.48. The predicted octanol–water partition coefficient (Wildman–Crippen LogP) is 7.61. The van der Waals surface area contributed by atoms with Crippen LogP contribution in [-0.2, 0) is 13.1 Å². The molecule has 160 valence electrons. The lowest BCUT2D eigenvalue weighted by Gasteiger charge is -2.58. The largest absolute Gasteiger partial charge is 0.500 e. The molecule has 0 atom stereocenters. The number of benzene rings is 3. The van der Waals surface area contributed by atoms with Gasteiger partial charge in [0, 0.05) is 11.1 Å². The van der Waals surface area contributed by atoms with E-state index in [0.29, 0.717) is 0 Å².